The summed E-state index contributed by atoms with van der Waals surface area (Å²) in [5.41, 5.74) is 1.83. The van der Waals surface area contributed by atoms with E-state index in [1.165, 1.54) is 7.11 Å². The number of nitrogens with one attached hydrogen (secondary N) is 1. The Morgan fingerprint density at radius 3 is 2.77 bits per heavy atom. The van der Waals surface area contributed by atoms with Gasteiger partial charge in [0.05, 0.1) is 11.1 Å². The maximum Gasteiger partial charge on any atom is 0.326 e. The minimum atomic E-state index is -1.08. The van der Waals surface area contributed by atoms with Crippen molar-refractivity contribution in [1.82, 2.24) is 10.3 Å². The molecule has 2 N–H and O–H groups in total. The number of pyridine rings is 1. The average Bonchev–Trinajstić information content (AvgIpc) is 2.49. The van der Waals surface area contributed by atoms with Crippen LogP contribution < -0.4 is 5.32 Å². The number of carboxylic acids is 1. The molecule has 0 fully saturated rings. The van der Waals surface area contributed by atoms with E-state index in [-0.39, 0.29) is 13.0 Å². The molecule has 0 saturated heterocycles. The molecule has 116 valence electrons. The van der Waals surface area contributed by atoms with Gasteiger partial charge in [-0.2, -0.15) is 0 Å². The lowest BCUT2D eigenvalue weighted by molar-refractivity contribution is -0.139. The molecule has 0 radical (unpaired) electrons. The fourth-order valence-corrected chi connectivity index (χ4v) is 2.22. The van der Waals surface area contributed by atoms with Crippen molar-refractivity contribution < 1.29 is 19.4 Å². The number of carbonyl (C=O) groups excluding carboxylic acids is 1. The number of rotatable bonds is 6. The van der Waals surface area contributed by atoms with Gasteiger partial charge >= 0.3 is 5.97 Å². The number of hydrogen-bond donors (Lipinski definition) is 2. The van der Waals surface area contributed by atoms with Gasteiger partial charge in [0.25, 0.3) is 5.91 Å². The highest BCUT2D eigenvalue weighted by molar-refractivity contribution is 6.07. The van der Waals surface area contributed by atoms with Crippen molar-refractivity contribution in [2.75, 3.05) is 13.7 Å². The van der Waals surface area contributed by atoms with Crippen LogP contribution in [0.3, 0.4) is 0 Å². The van der Waals surface area contributed by atoms with E-state index < -0.39 is 17.9 Å². The quantitative estimate of drug-likeness (QED) is 0.849. The van der Waals surface area contributed by atoms with Crippen molar-refractivity contribution in [1.29, 1.82) is 0 Å². The molecule has 1 aromatic carbocycles. The molecule has 0 saturated carbocycles. The molecule has 0 spiro atoms. The Bertz CT molecular complexity index is 700. The van der Waals surface area contributed by atoms with Crippen LogP contribution in [0.1, 0.15) is 22.5 Å². The van der Waals surface area contributed by atoms with Crippen LogP contribution in [0.2, 0.25) is 0 Å². The van der Waals surface area contributed by atoms with E-state index in [1.54, 1.807) is 19.1 Å². The molecule has 0 aliphatic rings. The molecule has 22 heavy (non-hydrogen) atoms. The Morgan fingerprint density at radius 1 is 1.36 bits per heavy atom. The SMILES string of the molecule is COCCC(NC(=O)c1cc(C)nc2ccccc12)C(=O)O. The second kappa shape index (κ2) is 7.00. The van der Waals surface area contributed by atoms with E-state index in [1.807, 2.05) is 18.2 Å². The van der Waals surface area contributed by atoms with Crippen molar-refractivity contribution >= 4 is 22.8 Å². The zero-order valence-corrected chi connectivity index (χ0v) is 12.5. The number of amides is 1. The summed E-state index contributed by atoms with van der Waals surface area (Å²) in [5.74, 6) is -1.51. The predicted molar refractivity (Wildman–Crippen MR) is 81.9 cm³/mol. The second-order valence-corrected chi connectivity index (χ2v) is 4.97. The minimum absolute atomic E-state index is 0.208. The van der Waals surface area contributed by atoms with Crippen LogP contribution in [0.5, 0.6) is 0 Å². The Kier molecular flexibility index (Phi) is 5.06. The summed E-state index contributed by atoms with van der Waals surface area (Å²) in [7, 11) is 1.49. The smallest absolute Gasteiger partial charge is 0.326 e. The highest BCUT2D eigenvalue weighted by Gasteiger charge is 2.21. The predicted octanol–water partition coefficient (Wildman–Crippen LogP) is 1.76. The molecule has 1 aromatic heterocycles. The summed E-state index contributed by atoms with van der Waals surface area (Å²) in [4.78, 5) is 28.0. The number of methoxy groups -OCH3 is 1. The lowest BCUT2D eigenvalue weighted by Gasteiger charge is -2.15. The molecule has 6 nitrogen and oxygen atoms in total. The lowest BCUT2D eigenvalue weighted by Crippen LogP contribution is -2.41. The fraction of sp³-hybridized carbons (Fsp3) is 0.312. The Labute approximate surface area is 128 Å². The maximum atomic E-state index is 12.4. The van der Waals surface area contributed by atoms with Crippen molar-refractivity contribution in [2.24, 2.45) is 0 Å². The summed E-state index contributed by atoms with van der Waals surface area (Å²) < 4.78 is 4.87. The van der Waals surface area contributed by atoms with Crippen LogP contribution in [0.25, 0.3) is 10.9 Å². The summed E-state index contributed by atoms with van der Waals surface area (Å²) in [6, 6.07) is 7.94. The summed E-state index contributed by atoms with van der Waals surface area (Å²) in [6.45, 7) is 2.05. The third kappa shape index (κ3) is 3.59. The number of aryl methyl sites for hydroxylation is 1. The number of ether oxygens (including phenoxy) is 1. The van der Waals surface area contributed by atoms with Gasteiger partial charge in [-0.25, -0.2) is 4.79 Å². The highest BCUT2D eigenvalue weighted by atomic mass is 16.5. The molecule has 6 heteroatoms. The first kappa shape index (κ1) is 15.9. The van der Waals surface area contributed by atoms with E-state index >= 15 is 0 Å². The fourth-order valence-electron chi connectivity index (χ4n) is 2.22. The summed E-state index contributed by atoms with van der Waals surface area (Å²) in [6.07, 6.45) is 0.208. The van der Waals surface area contributed by atoms with Crippen molar-refractivity contribution in [3.05, 3.63) is 41.6 Å². The second-order valence-electron chi connectivity index (χ2n) is 4.97. The number of carbonyl (C=O) groups is 2. The number of carboxylic acid groups (broad SMARTS) is 1. The first-order chi connectivity index (χ1) is 10.5. The van der Waals surface area contributed by atoms with E-state index in [2.05, 4.69) is 10.3 Å². The number of para-hydroxylation sites is 1. The van der Waals surface area contributed by atoms with Gasteiger partial charge in [0.2, 0.25) is 0 Å². The van der Waals surface area contributed by atoms with Gasteiger partial charge in [0, 0.05) is 31.2 Å². The zero-order chi connectivity index (χ0) is 16.1. The van der Waals surface area contributed by atoms with Crippen molar-refractivity contribution in [3.63, 3.8) is 0 Å². The van der Waals surface area contributed by atoms with Gasteiger partial charge in [-0.15, -0.1) is 0 Å². The number of benzene rings is 1. The number of hydrogen-bond acceptors (Lipinski definition) is 4. The first-order valence-electron chi connectivity index (χ1n) is 6.92. The molecule has 0 aliphatic carbocycles. The topological polar surface area (TPSA) is 88.5 Å². The van der Waals surface area contributed by atoms with Crippen LogP contribution in [0, 0.1) is 6.92 Å². The highest BCUT2D eigenvalue weighted by Crippen LogP contribution is 2.18. The van der Waals surface area contributed by atoms with E-state index in [0.717, 1.165) is 0 Å². The molecule has 1 atom stereocenters. The van der Waals surface area contributed by atoms with Crippen LogP contribution in [-0.2, 0) is 9.53 Å². The van der Waals surface area contributed by atoms with E-state index in [4.69, 9.17) is 4.74 Å². The standard InChI is InChI=1S/C16H18N2O4/c1-10-9-12(11-5-3-4-6-13(11)17-10)15(19)18-14(16(20)21)7-8-22-2/h3-6,9,14H,7-8H2,1-2H3,(H,18,19)(H,20,21). The largest absolute Gasteiger partial charge is 0.480 e. The van der Waals surface area contributed by atoms with Crippen molar-refractivity contribution in [3.8, 4) is 0 Å². The van der Waals surface area contributed by atoms with Gasteiger partial charge in [0.15, 0.2) is 0 Å². The third-order valence-corrected chi connectivity index (χ3v) is 3.30. The molecule has 2 rings (SSSR count). The molecule has 2 aromatic rings. The molecule has 1 heterocycles. The van der Waals surface area contributed by atoms with Gasteiger partial charge in [0.1, 0.15) is 6.04 Å². The average molecular weight is 302 g/mol. The molecule has 0 bridgehead atoms. The van der Waals surface area contributed by atoms with Gasteiger partial charge in [-0.05, 0) is 19.1 Å². The molecule has 1 unspecified atom stereocenters. The monoisotopic (exact) mass is 302 g/mol. The maximum absolute atomic E-state index is 12.4. The first-order valence-corrected chi connectivity index (χ1v) is 6.92. The minimum Gasteiger partial charge on any atom is -0.480 e. The Balaban J connectivity index is 2.30. The van der Waals surface area contributed by atoms with Crippen LogP contribution >= 0.6 is 0 Å². The summed E-state index contributed by atoms with van der Waals surface area (Å²) >= 11 is 0. The van der Waals surface area contributed by atoms with Gasteiger partial charge < -0.3 is 15.2 Å². The molecule has 0 aliphatic heterocycles. The normalized spacial score (nSPS) is 12.1. The third-order valence-electron chi connectivity index (χ3n) is 3.30. The van der Waals surface area contributed by atoms with Crippen LogP contribution in [0.15, 0.2) is 30.3 Å². The van der Waals surface area contributed by atoms with Gasteiger partial charge in [-0.3, -0.25) is 9.78 Å². The van der Waals surface area contributed by atoms with Crippen molar-refractivity contribution in [2.45, 2.75) is 19.4 Å². The Morgan fingerprint density at radius 2 is 2.09 bits per heavy atom. The van der Waals surface area contributed by atoms with Gasteiger partial charge in [-0.1, -0.05) is 18.2 Å². The van der Waals surface area contributed by atoms with E-state index in [9.17, 15) is 14.7 Å². The molecular weight excluding hydrogens is 284 g/mol. The van der Waals surface area contributed by atoms with Crippen LogP contribution in [-0.4, -0.2) is 41.7 Å². The zero-order valence-electron chi connectivity index (χ0n) is 12.5. The number of nitrogens with zero attached hydrogens (tertiary/aromatic N) is 1. The number of aliphatic carboxylic acids is 1. The Hall–Kier alpha value is -2.47. The molecular formula is C16H18N2O4. The number of aromatic nitrogens is 1. The van der Waals surface area contributed by atoms with Crippen LogP contribution in [0.4, 0.5) is 0 Å². The number of fused-ring (bicyclic) bond motifs is 1. The lowest BCUT2D eigenvalue weighted by atomic mass is 10.1. The molecule has 1 amide bonds. The van der Waals surface area contributed by atoms with E-state index in [0.29, 0.717) is 22.2 Å². The summed E-state index contributed by atoms with van der Waals surface area (Å²) in [5, 5.41) is 12.4.